The molecule has 1 aromatic rings. The largest absolute Gasteiger partial charge is 0.477 e. The molecule has 0 bridgehead atoms. The average Bonchev–Trinajstić information content (AvgIpc) is 2.32. The molecule has 0 saturated carbocycles. The number of hydrogen-bond donors (Lipinski definition) is 1. The predicted molar refractivity (Wildman–Crippen MR) is 46.3 cm³/mol. The van der Waals surface area contributed by atoms with E-state index in [0.29, 0.717) is 6.61 Å². The molecule has 1 heterocycles. The first-order valence-corrected chi connectivity index (χ1v) is 4.04. The van der Waals surface area contributed by atoms with E-state index in [1.807, 2.05) is 0 Å². The monoisotopic (exact) mass is 204 g/mol. The molecule has 1 rings (SSSR count). The summed E-state index contributed by atoms with van der Waals surface area (Å²) in [5.74, 6) is -0.881. The van der Waals surface area contributed by atoms with Crippen molar-refractivity contribution in [3.8, 4) is 5.88 Å². The van der Waals surface area contributed by atoms with Gasteiger partial charge in [0.2, 0.25) is 5.88 Å². The molecular formula is C7H9ClN2O3. The SMILES string of the molecule is CCOc1c(Cl)c(C(=O)O)nn1C. The third-order valence-electron chi connectivity index (χ3n) is 1.42. The number of aromatic nitrogens is 2. The number of carboxylic acid groups (broad SMARTS) is 1. The molecule has 0 unspecified atom stereocenters. The number of carboxylic acids is 1. The number of hydrogen-bond acceptors (Lipinski definition) is 3. The number of ether oxygens (including phenoxy) is 1. The van der Waals surface area contributed by atoms with Crippen LogP contribution in [0.4, 0.5) is 0 Å². The Bertz CT molecular complexity index is 335. The van der Waals surface area contributed by atoms with Gasteiger partial charge in [-0.1, -0.05) is 11.6 Å². The second-order valence-electron chi connectivity index (χ2n) is 2.33. The van der Waals surface area contributed by atoms with Gasteiger partial charge in [0.25, 0.3) is 0 Å². The van der Waals surface area contributed by atoms with Crippen molar-refractivity contribution in [3.63, 3.8) is 0 Å². The molecule has 1 N–H and O–H groups in total. The standard InChI is InChI=1S/C7H9ClN2O3/c1-3-13-6-4(8)5(7(11)12)9-10(6)2/h3H2,1-2H3,(H,11,12). The number of halogens is 1. The van der Waals surface area contributed by atoms with Gasteiger partial charge < -0.3 is 9.84 Å². The van der Waals surface area contributed by atoms with Gasteiger partial charge in [-0.25, -0.2) is 9.48 Å². The number of aryl methyl sites for hydroxylation is 1. The lowest BCUT2D eigenvalue weighted by atomic mass is 10.4. The van der Waals surface area contributed by atoms with Crippen molar-refractivity contribution in [1.29, 1.82) is 0 Å². The molecule has 0 atom stereocenters. The van der Waals surface area contributed by atoms with Gasteiger partial charge in [0.05, 0.1) is 6.61 Å². The Morgan fingerprint density at radius 3 is 2.77 bits per heavy atom. The van der Waals surface area contributed by atoms with Crippen LogP contribution in [-0.2, 0) is 7.05 Å². The smallest absolute Gasteiger partial charge is 0.358 e. The fraction of sp³-hybridized carbons (Fsp3) is 0.429. The second-order valence-corrected chi connectivity index (χ2v) is 2.71. The lowest BCUT2D eigenvalue weighted by Crippen LogP contribution is -2.00. The molecule has 0 amide bonds. The summed E-state index contributed by atoms with van der Waals surface area (Å²) in [6.45, 7) is 2.20. The summed E-state index contributed by atoms with van der Waals surface area (Å²) in [6.07, 6.45) is 0. The summed E-state index contributed by atoms with van der Waals surface area (Å²) in [6, 6.07) is 0. The molecule has 1 aromatic heterocycles. The van der Waals surface area contributed by atoms with Crippen LogP contribution in [0.25, 0.3) is 0 Å². The zero-order valence-corrected chi connectivity index (χ0v) is 8.00. The van der Waals surface area contributed by atoms with E-state index >= 15 is 0 Å². The molecule has 5 nitrogen and oxygen atoms in total. The van der Waals surface area contributed by atoms with E-state index < -0.39 is 5.97 Å². The Morgan fingerprint density at radius 2 is 2.38 bits per heavy atom. The molecule has 0 aliphatic carbocycles. The number of rotatable bonds is 3. The Kier molecular flexibility index (Phi) is 2.77. The minimum atomic E-state index is -1.16. The fourth-order valence-electron chi connectivity index (χ4n) is 0.913. The molecule has 0 aromatic carbocycles. The van der Waals surface area contributed by atoms with Gasteiger partial charge in [0.1, 0.15) is 5.02 Å². The first kappa shape index (κ1) is 9.85. The van der Waals surface area contributed by atoms with Gasteiger partial charge in [0, 0.05) is 7.05 Å². The lowest BCUT2D eigenvalue weighted by Gasteiger charge is -2.01. The van der Waals surface area contributed by atoms with E-state index in [2.05, 4.69) is 5.10 Å². The Balaban J connectivity index is 3.14. The van der Waals surface area contributed by atoms with E-state index in [4.69, 9.17) is 21.4 Å². The van der Waals surface area contributed by atoms with Crippen molar-refractivity contribution in [2.24, 2.45) is 7.05 Å². The van der Waals surface area contributed by atoms with Crippen LogP contribution in [0, 0.1) is 0 Å². The zero-order chi connectivity index (χ0) is 10.0. The first-order chi connectivity index (χ1) is 6.07. The fourth-order valence-corrected chi connectivity index (χ4v) is 1.21. The molecular weight excluding hydrogens is 196 g/mol. The second kappa shape index (κ2) is 3.66. The predicted octanol–water partition coefficient (Wildman–Crippen LogP) is 1.17. The minimum Gasteiger partial charge on any atom is -0.477 e. The van der Waals surface area contributed by atoms with Gasteiger partial charge in [-0.15, -0.1) is 0 Å². The summed E-state index contributed by atoms with van der Waals surface area (Å²) in [5.41, 5.74) is -0.187. The van der Waals surface area contributed by atoms with Gasteiger partial charge in [-0.05, 0) is 6.92 Å². The third-order valence-corrected chi connectivity index (χ3v) is 1.76. The van der Waals surface area contributed by atoms with Crippen molar-refractivity contribution < 1.29 is 14.6 Å². The van der Waals surface area contributed by atoms with Crippen LogP contribution in [0.3, 0.4) is 0 Å². The van der Waals surface area contributed by atoms with Gasteiger partial charge in [-0.3, -0.25) is 0 Å². The minimum absolute atomic E-state index is 0.0388. The van der Waals surface area contributed by atoms with E-state index in [1.165, 1.54) is 4.68 Å². The van der Waals surface area contributed by atoms with Crippen LogP contribution in [0.1, 0.15) is 17.4 Å². The maximum atomic E-state index is 10.6. The van der Waals surface area contributed by atoms with E-state index in [1.54, 1.807) is 14.0 Å². The topological polar surface area (TPSA) is 64.3 Å². The average molecular weight is 205 g/mol. The summed E-state index contributed by atoms with van der Waals surface area (Å²) in [4.78, 5) is 10.6. The molecule has 0 aliphatic rings. The van der Waals surface area contributed by atoms with Crippen molar-refractivity contribution in [1.82, 2.24) is 9.78 Å². The molecule has 6 heteroatoms. The Hall–Kier alpha value is -1.23. The van der Waals surface area contributed by atoms with E-state index in [0.717, 1.165) is 0 Å². The van der Waals surface area contributed by atoms with Gasteiger partial charge in [0.15, 0.2) is 5.69 Å². The Morgan fingerprint density at radius 1 is 1.77 bits per heavy atom. The van der Waals surface area contributed by atoms with Crippen molar-refractivity contribution in [2.45, 2.75) is 6.92 Å². The first-order valence-electron chi connectivity index (χ1n) is 3.66. The third kappa shape index (κ3) is 1.75. The van der Waals surface area contributed by atoms with Crippen LogP contribution in [0.5, 0.6) is 5.88 Å². The quantitative estimate of drug-likeness (QED) is 0.803. The highest BCUT2D eigenvalue weighted by Gasteiger charge is 2.20. The van der Waals surface area contributed by atoms with E-state index in [-0.39, 0.29) is 16.6 Å². The number of aromatic carboxylic acids is 1. The zero-order valence-electron chi connectivity index (χ0n) is 7.24. The van der Waals surface area contributed by atoms with Crippen molar-refractivity contribution in [3.05, 3.63) is 10.7 Å². The molecule has 0 fully saturated rings. The van der Waals surface area contributed by atoms with Crippen molar-refractivity contribution in [2.75, 3.05) is 6.61 Å². The highest BCUT2D eigenvalue weighted by Crippen LogP contribution is 2.27. The van der Waals surface area contributed by atoms with E-state index in [9.17, 15) is 4.79 Å². The molecule has 0 aliphatic heterocycles. The van der Waals surface area contributed by atoms with Crippen LogP contribution >= 0.6 is 11.6 Å². The van der Waals surface area contributed by atoms with Crippen LogP contribution in [0.2, 0.25) is 5.02 Å². The molecule has 0 saturated heterocycles. The van der Waals surface area contributed by atoms with Crippen LogP contribution in [-0.4, -0.2) is 27.5 Å². The normalized spacial score (nSPS) is 10.1. The molecule has 0 spiro atoms. The van der Waals surface area contributed by atoms with Gasteiger partial charge >= 0.3 is 5.97 Å². The summed E-state index contributed by atoms with van der Waals surface area (Å²) in [7, 11) is 1.57. The number of carbonyl (C=O) groups is 1. The van der Waals surface area contributed by atoms with Crippen molar-refractivity contribution >= 4 is 17.6 Å². The molecule has 13 heavy (non-hydrogen) atoms. The summed E-state index contributed by atoms with van der Waals surface area (Å²) in [5, 5.41) is 12.4. The lowest BCUT2D eigenvalue weighted by molar-refractivity contribution is 0.0690. The summed E-state index contributed by atoms with van der Waals surface area (Å²) >= 11 is 5.71. The van der Waals surface area contributed by atoms with Gasteiger partial charge in [-0.2, -0.15) is 5.10 Å². The van der Waals surface area contributed by atoms with Crippen LogP contribution in [0.15, 0.2) is 0 Å². The number of nitrogens with zero attached hydrogens (tertiary/aromatic N) is 2. The molecule has 72 valence electrons. The molecule has 0 radical (unpaired) electrons. The highest BCUT2D eigenvalue weighted by atomic mass is 35.5. The summed E-state index contributed by atoms with van der Waals surface area (Å²) < 4.78 is 6.40. The maximum absolute atomic E-state index is 10.6. The van der Waals surface area contributed by atoms with Crippen LogP contribution < -0.4 is 4.74 Å². The highest BCUT2D eigenvalue weighted by molar-refractivity contribution is 6.34. The Labute approximate surface area is 79.9 Å². The maximum Gasteiger partial charge on any atom is 0.358 e.